The first kappa shape index (κ1) is 12.4. The lowest BCUT2D eigenvalue weighted by molar-refractivity contribution is 0.559. The molecule has 0 bridgehead atoms. The van der Waals surface area contributed by atoms with Crippen LogP contribution < -0.4 is 10.2 Å². The molecular weight excluding hydrogens is 208 g/mol. The molecule has 1 N–H and O–H groups in total. The van der Waals surface area contributed by atoms with Gasteiger partial charge in [-0.05, 0) is 49.9 Å². The molecule has 1 aromatic carbocycles. The summed E-state index contributed by atoms with van der Waals surface area (Å²) in [7, 11) is 2.19. The smallest absolute Gasteiger partial charge is 0.0363 e. The topological polar surface area (TPSA) is 15.3 Å². The standard InChI is InChI=1S/C15H24N2/c1-3-13-6-8-15(9-7-13)17(2)12-10-14-5-4-11-16-14/h6-9,14,16H,3-5,10-12H2,1-2H3. The van der Waals surface area contributed by atoms with Crippen LogP contribution >= 0.6 is 0 Å². The number of benzene rings is 1. The summed E-state index contributed by atoms with van der Waals surface area (Å²) in [5.74, 6) is 0. The van der Waals surface area contributed by atoms with Crippen molar-refractivity contribution in [3.8, 4) is 0 Å². The van der Waals surface area contributed by atoms with E-state index in [1.165, 1.54) is 37.1 Å². The zero-order valence-corrected chi connectivity index (χ0v) is 11.1. The molecular formula is C15H24N2. The van der Waals surface area contributed by atoms with Crippen LogP contribution in [0.25, 0.3) is 0 Å². The van der Waals surface area contributed by atoms with E-state index in [1.54, 1.807) is 0 Å². The molecule has 1 saturated heterocycles. The summed E-state index contributed by atoms with van der Waals surface area (Å²) >= 11 is 0. The molecule has 0 radical (unpaired) electrons. The van der Waals surface area contributed by atoms with Crippen molar-refractivity contribution in [1.82, 2.24) is 5.32 Å². The molecule has 17 heavy (non-hydrogen) atoms. The van der Waals surface area contributed by atoms with E-state index in [-0.39, 0.29) is 0 Å². The Morgan fingerprint density at radius 1 is 1.29 bits per heavy atom. The summed E-state index contributed by atoms with van der Waals surface area (Å²) in [5.41, 5.74) is 2.75. The molecule has 0 spiro atoms. The van der Waals surface area contributed by atoms with Gasteiger partial charge in [0.2, 0.25) is 0 Å². The Labute approximate surface area is 105 Å². The Bertz CT molecular complexity index is 325. The lowest BCUT2D eigenvalue weighted by atomic mass is 10.1. The van der Waals surface area contributed by atoms with Gasteiger partial charge in [-0.15, -0.1) is 0 Å². The largest absolute Gasteiger partial charge is 0.375 e. The van der Waals surface area contributed by atoms with Crippen LogP contribution in [0.1, 0.15) is 31.7 Å². The Morgan fingerprint density at radius 2 is 2.06 bits per heavy atom. The van der Waals surface area contributed by atoms with E-state index >= 15 is 0 Å². The van der Waals surface area contributed by atoms with Crippen LogP contribution in [0, 0.1) is 0 Å². The summed E-state index contributed by atoms with van der Waals surface area (Å²) in [6.07, 6.45) is 5.07. The van der Waals surface area contributed by atoms with E-state index in [0.29, 0.717) is 0 Å². The zero-order chi connectivity index (χ0) is 12.1. The first-order valence-electron chi connectivity index (χ1n) is 6.83. The van der Waals surface area contributed by atoms with Crippen molar-refractivity contribution in [2.24, 2.45) is 0 Å². The highest BCUT2D eigenvalue weighted by Gasteiger charge is 2.14. The molecule has 0 amide bonds. The van der Waals surface area contributed by atoms with Gasteiger partial charge in [0.1, 0.15) is 0 Å². The fourth-order valence-electron chi connectivity index (χ4n) is 2.47. The molecule has 0 aliphatic carbocycles. The molecule has 1 aromatic rings. The molecule has 0 aromatic heterocycles. The average molecular weight is 232 g/mol. The van der Waals surface area contributed by atoms with Gasteiger partial charge in [-0.3, -0.25) is 0 Å². The molecule has 2 nitrogen and oxygen atoms in total. The number of nitrogens with zero attached hydrogens (tertiary/aromatic N) is 1. The lowest BCUT2D eigenvalue weighted by Crippen LogP contribution is -2.28. The highest BCUT2D eigenvalue weighted by Crippen LogP contribution is 2.16. The fourth-order valence-corrected chi connectivity index (χ4v) is 2.47. The minimum atomic E-state index is 0.743. The highest BCUT2D eigenvalue weighted by atomic mass is 15.1. The van der Waals surface area contributed by atoms with Gasteiger partial charge in [0.05, 0.1) is 0 Å². The predicted octanol–water partition coefficient (Wildman–Crippen LogP) is 2.83. The number of hydrogen-bond donors (Lipinski definition) is 1. The number of aryl methyl sites for hydroxylation is 1. The Morgan fingerprint density at radius 3 is 2.65 bits per heavy atom. The molecule has 1 unspecified atom stereocenters. The molecule has 1 fully saturated rings. The second kappa shape index (κ2) is 6.06. The van der Waals surface area contributed by atoms with Gasteiger partial charge >= 0.3 is 0 Å². The van der Waals surface area contributed by atoms with Crippen molar-refractivity contribution in [3.05, 3.63) is 29.8 Å². The van der Waals surface area contributed by atoms with Gasteiger partial charge in [-0.1, -0.05) is 19.1 Å². The first-order chi connectivity index (χ1) is 8.29. The van der Waals surface area contributed by atoms with Gasteiger partial charge in [0, 0.05) is 25.3 Å². The third-order valence-electron chi connectivity index (χ3n) is 3.76. The van der Waals surface area contributed by atoms with E-state index in [1.807, 2.05) is 0 Å². The fraction of sp³-hybridized carbons (Fsp3) is 0.600. The minimum absolute atomic E-state index is 0.743. The van der Waals surface area contributed by atoms with Crippen molar-refractivity contribution in [3.63, 3.8) is 0 Å². The first-order valence-corrected chi connectivity index (χ1v) is 6.83. The van der Waals surface area contributed by atoms with Crippen LogP contribution in [0.5, 0.6) is 0 Å². The normalized spacial score (nSPS) is 19.5. The molecule has 2 heteroatoms. The summed E-state index contributed by atoms with van der Waals surface area (Å²) in [5, 5.41) is 3.55. The summed E-state index contributed by atoms with van der Waals surface area (Å²) in [6, 6.07) is 9.69. The molecule has 1 atom stereocenters. The van der Waals surface area contributed by atoms with Crippen molar-refractivity contribution in [1.29, 1.82) is 0 Å². The van der Waals surface area contributed by atoms with Crippen LogP contribution in [0.15, 0.2) is 24.3 Å². The monoisotopic (exact) mass is 232 g/mol. The highest BCUT2D eigenvalue weighted by molar-refractivity contribution is 5.46. The van der Waals surface area contributed by atoms with E-state index in [0.717, 1.165) is 19.0 Å². The van der Waals surface area contributed by atoms with Crippen molar-refractivity contribution < 1.29 is 0 Å². The quantitative estimate of drug-likeness (QED) is 0.840. The Hall–Kier alpha value is -1.02. The number of rotatable bonds is 5. The van der Waals surface area contributed by atoms with Crippen molar-refractivity contribution >= 4 is 5.69 Å². The molecule has 1 aliphatic rings. The maximum Gasteiger partial charge on any atom is 0.0363 e. The number of anilines is 1. The van der Waals surface area contributed by atoms with E-state index < -0.39 is 0 Å². The SMILES string of the molecule is CCc1ccc(N(C)CCC2CCCN2)cc1. The predicted molar refractivity (Wildman–Crippen MR) is 74.7 cm³/mol. The van der Waals surface area contributed by atoms with Crippen molar-refractivity contribution in [2.75, 3.05) is 25.0 Å². The van der Waals surface area contributed by atoms with E-state index in [2.05, 4.69) is 48.5 Å². The second-order valence-corrected chi connectivity index (χ2v) is 5.02. The second-order valence-electron chi connectivity index (χ2n) is 5.02. The molecule has 2 rings (SSSR count). The minimum Gasteiger partial charge on any atom is -0.375 e. The Balaban J connectivity index is 1.83. The van der Waals surface area contributed by atoms with Gasteiger partial charge in [-0.2, -0.15) is 0 Å². The van der Waals surface area contributed by atoms with Crippen LogP contribution in [-0.2, 0) is 6.42 Å². The molecule has 1 aliphatic heterocycles. The number of nitrogens with one attached hydrogen (secondary N) is 1. The maximum absolute atomic E-state index is 3.55. The summed E-state index contributed by atoms with van der Waals surface area (Å²) in [6.45, 7) is 4.55. The van der Waals surface area contributed by atoms with Crippen LogP contribution in [-0.4, -0.2) is 26.2 Å². The van der Waals surface area contributed by atoms with Gasteiger partial charge in [-0.25, -0.2) is 0 Å². The Kier molecular flexibility index (Phi) is 4.43. The van der Waals surface area contributed by atoms with Gasteiger partial charge in [0.15, 0.2) is 0 Å². The van der Waals surface area contributed by atoms with Crippen molar-refractivity contribution in [2.45, 2.75) is 38.6 Å². The lowest BCUT2D eigenvalue weighted by Gasteiger charge is -2.21. The third-order valence-corrected chi connectivity index (χ3v) is 3.76. The van der Waals surface area contributed by atoms with E-state index in [4.69, 9.17) is 0 Å². The zero-order valence-electron chi connectivity index (χ0n) is 11.1. The van der Waals surface area contributed by atoms with Gasteiger partial charge in [0.25, 0.3) is 0 Å². The summed E-state index contributed by atoms with van der Waals surface area (Å²) in [4.78, 5) is 2.36. The van der Waals surface area contributed by atoms with Crippen LogP contribution in [0.2, 0.25) is 0 Å². The summed E-state index contributed by atoms with van der Waals surface area (Å²) < 4.78 is 0. The third kappa shape index (κ3) is 3.47. The molecule has 94 valence electrons. The maximum atomic E-state index is 3.55. The average Bonchev–Trinajstić information content (AvgIpc) is 2.89. The van der Waals surface area contributed by atoms with E-state index in [9.17, 15) is 0 Å². The van der Waals surface area contributed by atoms with Crippen LogP contribution in [0.3, 0.4) is 0 Å². The van der Waals surface area contributed by atoms with Gasteiger partial charge < -0.3 is 10.2 Å². The molecule has 0 saturated carbocycles. The number of hydrogen-bond acceptors (Lipinski definition) is 2. The molecule has 1 heterocycles. The van der Waals surface area contributed by atoms with Crippen LogP contribution in [0.4, 0.5) is 5.69 Å².